The first-order chi connectivity index (χ1) is 10.3. The highest BCUT2D eigenvalue weighted by Crippen LogP contribution is 2.30. The minimum absolute atomic E-state index is 0.639. The van der Waals surface area contributed by atoms with Crippen molar-refractivity contribution in [3.8, 4) is 11.1 Å². The van der Waals surface area contributed by atoms with Gasteiger partial charge in [-0.05, 0) is 34.4 Å². The number of carbonyl (C=O) groups is 1. The third kappa shape index (κ3) is 3.57. The van der Waals surface area contributed by atoms with E-state index >= 15 is 0 Å². The predicted molar refractivity (Wildman–Crippen MR) is 90.5 cm³/mol. The second kappa shape index (κ2) is 7.39. The maximum atomic E-state index is 9.17. The van der Waals surface area contributed by atoms with Gasteiger partial charge in [0.05, 0.1) is 0 Å². The standard InChI is InChI=1S/C17H14.C3H6O/c1-13-7-2-4-10-15(13)17-12-6-9-14-8-3-5-11-16(14)17;1-2-3-4/h2-12H,1H3;3H,2H2,1H3. The van der Waals surface area contributed by atoms with Crippen molar-refractivity contribution in [2.75, 3.05) is 0 Å². The Morgan fingerprint density at radius 1 is 0.810 bits per heavy atom. The van der Waals surface area contributed by atoms with Crippen molar-refractivity contribution in [1.82, 2.24) is 0 Å². The van der Waals surface area contributed by atoms with Crippen LogP contribution >= 0.6 is 0 Å². The first-order valence-electron chi connectivity index (χ1n) is 7.25. The summed E-state index contributed by atoms with van der Waals surface area (Å²) in [4.78, 5) is 9.17. The molecule has 0 radical (unpaired) electrons. The van der Waals surface area contributed by atoms with Crippen molar-refractivity contribution < 1.29 is 4.79 Å². The van der Waals surface area contributed by atoms with Gasteiger partial charge in [-0.3, -0.25) is 0 Å². The van der Waals surface area contributed by atoms with Gasteiger partial charge in [0.2, 0.25) is 0 Å². The molecular formula is C20H20O. The average molecular weight is 276 g/mol. The third-order valence-corrected chi connectivity index (χ3v) is 3.39. The maximum Gasteiger partial charge on any atom is 0.119 e. The van der Waals surface area contributed by atoms with Crippen LogP contribution in [-0.4, -0.2) is 6.29 Å². The molecule has 0 aliphatic rings. The smallest absolute Gasteiger partial charge is 0.119 e. The molecule has 1 nitrogen and oxygen atoms in total. The summed E-state index contributed by atoms with van der Waals surface area (Å²) in [7, 11) is 0. The lowest BCUT2D eigenvalue weighted by molar-refractivity contribution is -0.107. The van der Waals surface area contributed by atoms with Gasteiger partial charge in [-0.15, -0.1) is 0 Å². The normalized spacial score (nSPS) is 9.81. The largest absolute Gasteiger partial charge is 0.303 e. The maximum absolute atomic E-state index is 9.17. The molecule has 0 spiro atoms. The predicted octanol–water partition coefficient (Wildman–Crippen LogP) is 5.41. The molecule has 0 N–H and O–H groups in total. The fourth-order valence-electron chi connectivity index (χ4n) is 2.34. The van der Waals surface area contributed by atoms with Gasteiger partial charge in [0.15, 0.2) is 0 Å². The molecule has 0 aromatic heterocycles. The summed E-state index contributed by atoms with van der Waals surface area (Å²) in [5.74, 6) is 0. The molecule has 106 valence electrons. The SMILES string of the molecule is CCC=O.Cc1ccccc1-c1cccc2ccccc12. The van der Waals surface area contributed by atoms with Crippen molar-refractivity contribution in [2.24, 2.45) is 0 Å². The van der Waals surface area contributed by atoms with Gasteiger partial charge in [-0.25, -0.2) is 0 Å². The van der Waals surface area contributed by atoms with Crippen LogP contribution in [0, 0.1) is 6.92 Å². The zero-order chi connectivity index (χ0) is 15.1. The van der Waals surface area contributed by atoms with Gasteiger partial charge in [0.1, 0.15) is 6.29 Å². The lowest BCUT2D eigenvalue weighted by Crippen LogP contribution is -1.84. The molecule has 0 atom stereocenters. The van der Waals surface area contributed by atoms with Crippen LogP contribution in [0.4, 0.5) is 0 Å². The highest BCUT2D eigenvalue weighted by molar-refractivity contribution is 5.97. The Bertz CT molecular complexity index is 723. The van der Waals surface area contributed by atoms with Crippen molar-refractivity contribution in [1.29, 1.82) is 0 Å². The van der Waals surface area contributed by atoms with Gasteiger partial charge in [-0.2, -0.15) is 0 Å². The highest BCUT2D eigenvalue weighted by atomic mass is 16.1. The van der Waals surface area contributed by atoms with E-state index in [1.807, 2.05) is 6.92 Å². The Kier molecular flexibility index (Phi) is 5.28. The van der Waals surface area contributed by atoms with E-state index in [1.165, 1.54) is 27.5 Å². The molecule has 0 amide bonds. The first kappa shape index (κ1) is 15.0. The number of aryl methyl sites for hydroxylation is 1. The summed E-state index contributed by atoms with van der Waals surface area (Å²) in [6.07, 6.45) is 1.51. The van der Waals surface area contributed by atoms with Crippen LogP contribution in [0.2, 0.25) is 0 Å². The Labute approximate surface area is 126 Å². The Morgan fingerprint density at radius 3 is 2.10 bits per heavy atom. The first-order valence-corrected chi connectivity index (χ1v) is 7.25. The van der Waals surface area contributed by atoms with Crippen LogP contribution in [0.3, 0.4) is 0 Å². The lowest BCUT2D eigenvalue weighted by Gasteiger charge is -2.09. The van der Waals surface area contributed by atoms with E-state index in [0.717, 1.165) is 6.29 Å². The molecule has 21 heavy (non-hydrogen) atoms. The Balaban J connectivity index is 0.000000361. The van der Waals surface area contributed by atoms with Crippen molar-refractivity contribution >= 4 is 17.1 Å². The fraction of sp³-hybridized carbons (Fsp3) is 0.150. The van der Waals surface area contributed by atoms with Gasteiger partial charge < -0.3 is 4.79 Å². The molecule has 0 saturated heterocycles. The molecule has 0 fully saturated rings. The average Bonchev–Trinajstić information content (AvgIpc) is 2.55. The van der Waals surface area contributed by atoms with Crippen LogP contribution in [0.15, 0.2) is 66.7 Å². The molecule has 0 unspecified atom stereocenters. The van der Waals surface area contributed by atoms with Gasteiger partial charge in [-0.1, -0.05) is 73.7 Å². The van der Waals surface area contributed by atoms with Crippen molar-refractivity contribution in [2.45, 2.75) is 20.3 Å². The number of aldehydes is 1. The molecule has 1 heteroatoms. The monoisotopic (exact) mass is 276 g/mol. The Hall–Kier alpha value is -2.41. The van der Waals surface area contributed by atoms with E-state index in [2.05, 4.69) is 73.7 Å². The summed E-state index contributed by atoms with van der Waals surface area (Å²) in [6.45, 7) is 3.98. The molecule has 3 aromatic rings. The Morgan fingerprint density at radius 2 is 1.38 bits per heavy atom. The zero-order valence-corrected chi connectivity index (χ0v) is 12.5. The van der Waals surface area contributed by atoms with Crippen LogP contribution in [-0.2, 0) is 4.79 Å². The molecule has 0 heterocycles. The van der Waals surface area contributed by atoms with E-state index in [4.69, 9.17) is 0 Å². The van der Waals surface area contributed by atoms with Gasteiger partial charge in [0, 0.05) is 6.42 Å². The molecule has 0 saturated carbocycles. The molecule has 0 bridgehead atoms. The molecule has 0 aliphatic carbocycles. The molecular weight excluding hydrogens is 256 g/mol. The minimum Gasteiger partial charge on any atom is -0.303 e. The second-order valence-corrected chi connectivity index (χ2v) is 4.92. The second-order valence-electron chi connectivity index (χ2n) is 4.92. The summed E-state index contributed by atoms with van der Waals surface area (Å²) >= 11 is 0. The quantitative estimate of drug-likeness (QED) is 0.572. The third-order valence-electron chi connectivity index (χ3n) is 3.39. The number of hydrogen-bond donors (Lipinski definition) is 0. The number of carbonyl (C=O) groups excluding carboxylic acids is 1. The summed E-state index contributed by atoms with van der Waals surface area (Å²) < 4.78 is 0. The van der Waals surface area contributed by atoms with Crippen LogP contribution in [0.1, 0.15) is 18.9 Å². The topological polar surface area (TPSA) is 17.1 Å². The van der Waals surface area contributed by atoms with Crippen molar-refractivity contribution in [3.05, 3.63) is 72.3 Å². The number of rotatable bonds is 2. The van der Waals surface area contributed by atoms with E-state index < -0.39 is 0 Å². The highest BCUT2D eigenvalue weighted by Gasteiger charge is 2.04. The van der Waals surface area contributed by atoms with E-state index in [-0.39, 0.29) is 0 Å². The summed E-state index contributed by atoms with van der Waals surface area (Å²) in [6, 6.07) is 23.6. The molecule has 3 rings (SSSR count). The van der Waals surface area contributed by atoms with Crippen molar-refractivity contribution in [3.63, 3.8) is 0 Å². The number of benzene rings is 3. The number of fused-ring (bicyclic) bond motifs is 1. The lowest BCUT2D eigenvalue weighted by atomic mass is 9.95. The number of hydrogen-bond acceptors (Lipinski definition) is 1. The summed E-state index contributed by atoms with van der Waals surface area (Å²) in [5, 5.41) is 2.62. The summed E-state index contributed by atoms with van der Waals surface area (Å²) in [5.41, 5.74) is 3.97. The van der Waals surface area contributed by atoms with Crippen LogP contribution in [0.5, 0.6) is 0 Å². The van der Waals surface area contributed by atoms with E-state index in [0.29, 0.717) is 6.42 Å². The van der Waals surface area contributed by atoms with Gasteiger partial charge in [0.25, 0.3) is 0 Å². The van der Waals surface area contributed by atoms with Gasteiger partial charge >= 0.3 is 0 Å². The fourth-order valence-corrected chi connectivity index (χ4v) is 2.34. The van der Waals surface area contributed by atoms with Crippen LogP contribution in [0.25, 0.3) is 21.9 Å². The molecule has 0 aliphatic heterocycles. The zero-order valence-electron chi connectivity index (χ0n) is 12.5. The van der Waals surface area contributed by atoms with Crippen LogP contribution < -0.4 is 0 Å². The molecule has 3 aromatic carbocycles. The van der Waals surface area contributed by atoms with E-state index in [9.17, 15) is 4.79 Å². The minimum atomic E-state index is 0.639. The van der Waals surface area contributed by atoms with E-state index in [1.54, 1.807) is 0 Å².